The molecular weight excluding hydrogens is 398 g/mol. The number of rotatable bonds is 9. The van der Waals surface area contributed by atoms with Crippen LogP contribution in [0.1, 0.15) is 48.0 Å². The fourth-order valence-corrected chi connectivity index (χ4v) is 4.52. The quantitative estimate of drug-likeness (QED) is 0.640. The van der Waals surface area contributed by atoms with E-state index in [0.717, 1.165) is 37.2 Å². The Bertz CT molecular complexity index is 832. The van der Waals surface area contributed by atoms with E-state index in [2.05, 4.69) is 21.6 Å². The smallest absolute Gasteiger partial charge is 0.262 e. The number of para-hydroxylation sites is 1. The first-order valence-corrected chi connectivity index (χ1v) is 11.4. The molecule has 0 radical (unpaired) electrons. The Morgan fingerprint density at radius 1 is 1.13 bits per heavy atom. The van der Waals surface area contributed by atoms with Gasteiger partial charge in [0.15, 0.2) is 0 Å². The van der Waals surface area contributed by atoms with Gasteiger partial charge in [0.25, 0.3) is 5.91 Å². The minimum atomic E-state index is -0.587. The van der Waals surface area contributed by atoms with Crippen molar-refractivity contribution in [2.24, 2.45) is 5.92 Å². The molecule has 0 spiro atoms. The number of hydrogen-bond acceptors (Lipinski definition) is 5. The van der Waals surface area contributed by atoms with Crippen molar-refractivity contribution in [1.82, 2.24) is 15.5 Å². The third kappa shape index (κ3) is 5.40. The molecule has 1 fully saturated rings. The van der Waals surface area contributed by atoms with E-state index in [-0.39, 0.29) is 23.8 Å². The second kappa shape index (κ2) is 10.6. The number of amides is 2. The van der Waals surface area contributed by atoms with Crippen molar-refractivity contribution in [3.63, 3.8) is 0 Å². The van der Waals surface area contributed by atoms with Gasteiger partial charge in [0.05, 0.1) is 18.0 Å². The second-order valence-electron chi connectivity index (χ2n) is 7.92. The van der Waals surface area contributed by atoms with Gasteiger partial charge in [-0.05, 0) is 49.4 Å². The molecule has 0 aliphatic carbocycles. The molecule has 0 saturated carbocycles. The Morgan fingerprint density at radius 3 is 2.50 bits per heavy atom. The number of nitrogens with zero attached hydrogens (tertiary/aromatic N) is 1. The lowest BCUT2D eigenvalue weighted by Crippen LogP contribution is -2.51. The van der Waals surface area contributed by atoms with Gasteiger partial charge in [-0.2, -0.15) is 0 Å². The number of methoxy groups -OCH3 is 1. The lowest BCUT2D eigenvalue weighted by Gasteiger charge is -2.30. The van der Waals surface area contributed by atoms with Crippen LogP contribution in [0.15, 0.2) is 41.8 Å². The number of nitrogens with one attached hydrogen (secondary N) is 2. The van der Waals surface area contributed by atoms with Gasteiger partial charge in [-0.25, -0.2) is 0 Å². The lowest BCUT2D eigenvalue weighted by atomic mass is 10.0. The molecule has 2 aromatic rings. The number of hydrogen-bond donors (Lipinski definition) is 2. The summed E-state index contributed by atoms with van der Waals surface area (Å²) in [6, 6.07) is 11.0. The Balaban J connectivity index is 1.71. The largest absolute Gasteiger partial charge is 0.496 e. The predicted molar refractivity (Wildman–Crippen MR) is 120 cm³/mol. The summed E-state index contributed by atoms with van der Waals surface area (Å²) in [5.74, 6) is 0.439. The average molecular weight is 430 g/mol. The van der Waals surface area contributed by atoms with Crippen LogP contribution < -0.4 is 15.4 Å². The molecule has 162 valence electrons. The Hall–Kier alpha value is -2.38. The second-order valence-corrected chi connectivity index (χ2v) is 8.87. The molecule has 1 aliphatic heterocycles. The first kappa shape index (κ1) is 22.3. The normalized spacial score (nSPS) is 16.3. The number of thiophene rings is 1. The Morgan fingerprint density at radius 2 is 1.87 bits per heavy atom. The van der Waals surface area contributed by atoms with Crippen molar-refractivity contribution in [3.05, 3.63) is 52.2 Å². The zero-order valence-electron chi connectivity index (χ0n) is 17.9. The van der Waals surface area contributed by atoms with Gasteiger partial charge in [0, 0.05) is 12.1 Å². The van der Waals surface area contributed by atoms with E-state index in [1.165, 1.54) is 11.3 Å². The number of carbonyl (C=O) groups excluding carboxylic acids is 2. The van der Waals surface area contributed by atoms with Crippen LogP contribution in [0.3, 0.4) is 0 Å². The maximum atomic E-state index is 13.0. The highest BCUT2D eigenvalue weighted by atomic mass is 32.1. The van der Waals surface area contributed by atoms with Crippen LogP contribution in [0.5, 0.6) is 5.75 Å². The maximum absolute atomic E-state index is 13.0. The molecule has 2 heterocycles. The number of benzene rings is 1. The van der Waals surface area contributed by atoms with Crippen LogP contribution in [0, 0.1) is 5.92 Å². The summed E-state index contributed by atoms with van der Waals surface area (Å²) in [6.45, 7) is 6.36. The van der Waals surface area contributed by atoms with Gasteiger partial charge >= 0.3 is 0 Å². The number of ether oxygens (including phenoxy) is 1. The number of carbonyl (C=O) groups is 2. The summed E-state index contributed by atoms with van der Waals surface area (Å²) in [7, 11) is 1.67. The molecule has 1 aliphatic rings. The standard InChI is InChI=1S/C23H31N3O3S/c1-16(2)21(25-22(27)20-11-8-14-30-20)23(28)24-15-18(26-12-6-7-13-26)17-9-4-5-10-19(17)29-3/h4-5,8-11,14,16,18,21H,6-7,12-13,15H2,1-3H3,(H,24,28)(H,25,27). The first-order chi connectivity index (χ1) is 14.5. The molecule has 1 aromatic carbocycles. The van der Waals surface area contributed by atoms with E-state index in [9.17, 15) is 9.59 Å². The van der Waals surface area contributed by atoms with Crippen LogP contribution in [-0.2, 0) is 4.79 Å². The third-order valence-corrected chi connectivity index (χ3v) is 6.40. The van der Waals surface area contributed by atoms with Gasteiger partial charge in [0.2, 0.25) is 5.91 Å². The van der Waals surface area contributed by atoms with Crippen LogP contribution in [-0.4, -0.2) is 49.5 Å². The van der Waals surface area contributed by atoms with Gasteiger partial charge in [0.1, 0.15) is 11.8 Å². The summed E-state index contributed by atoms with van der Waals surface area (Å²) >= 11 is 1.37. The van der Waals surface area contributed by atoms with Crippen molar-refractivity contribution < 1.29 is 14.3 Å². The fourth-order valence-electron chi connectivity index (χ4n) is 3.89. The molecule has 1 aromatic heterocycles. The van der Waals surface area contributed by atoms with Crippen molar-refractivity contribution in [1.29, 1.82) is 0 Å². The molecule has 1 saturated heterocycles. The molecular formula is C23H31N3O3S. The predicted octanol–water partition coefficient (Wildman–Crippen LogP) is 3.46. The minimum Gasteiger partial charge on any atom is -0.496 e. The highest BCUT2D eigenvalue weighted by molar-refractivity contribution is 7.12. The SMILES string of the molecule is COc1ccccc1C(CNC(=O)C(NC(=O)c1cccs1)C(C)C)N1CCCC1. The molecule has 7 heteroatoms. The molecule has 2 unspecified atom stereocenters. The van der Waals surface area contributed by atoms with Crippen LogP contribution in [0.4, 0.5) is 0 Å². The average Bonchev–Trinajstić information content (AvgIpc) is 3.46. The van der Waals surface area contributed by atoms with Gasteiger partial charge < -0.3 is 15.4 Å². The zero-order valence-corrected chi connectivity index (χ0v) is 18.7. The fraction of sp³-hybridized carbons (Fsp3) is 0.478. The van der Waals surface area contributed by atoms with E-state index in [1.807, 2.05) is 43.5 Å². The number of likely N-dealkylation sites (tertiary alicyclic amines) is 1. The van der Waals surface area contributed by atoms with Gasteiger partial charge in [-0.3, -0.25) is 14.5 Å². The van der Waals surface area contributed by atoms with Crippen LogP contribution >= 0.6 is 11.3 Å². The molecule has 3 rings (SSSR count). The van der Waals surface area contributed by atoms with Gasteiger partial charge in [-0.1, -0.05) is 38.1 Å². The van der Waals surface area contributed by atoms with E-state index in [0.29, 0.717) is 11.4 Å². The topological polar surface area (TPSA) is 70.7 Å². The third-order valence-electron chi connectivity index (χ3n) is 5.53. The van der Waals surface area contributed by atoms with Crippen molar-refractivity contribution in [2.75, 3.05) is 26.7 Å². The monoisotopic (exact) mass is 429 g/mol. The summed E-state index contributed by atoms with van der Waals surface area (Å²) in [5.41, 5.74) is 1.07. The molecule has 0 bridgehead atoms. The van der Waals surface area contributed by atoms with Crippen LogP contribution in [0.2, 0.25) is 0 Å². The van der Waals surface area contributed by atoms with Crippen molar-refractivity contribution in [3.8, 4) is 5.75 Å². The van der Waals surface area contributed by atoms with E-state index < -0.39 is 6.04 Å². The lowest BCUT2D eigenvalue weighted by molar-refractivity contribution is -0.124. The molecule has 30 heavy (non-hydrogen) atoms. The van der Waals surface area contributed by atoms with Crippen LogP contribution in [0.25, 0.3) is 0 Å². The van der Waals surface area contributed by atoms with E-state index in [4.69, 9.17) is 4.74 Å². The molecule has 6 nitrogen and oxygen atoms in total. The molecule has 2 atom stereocenters. The summed E-state index contributed by atoms with van der Waals surface area (Å²) in [6.07, 6.45) is 2.32. The summed E-state index contributed by atoms with van der Waals surface area (Å²) < 4.78 is 5.58. The molecule has 2 N–H and O–H groups in total. The van der Waals surface area contributed by atoms with Crippen molar-refractivity contribution >= 4 is 23.2 Å². The summed E-state index contributed by atoms with van der Waals surface area (Å²) in [5, 5.41) is 7.84. The molecule has 2 amide bonds. The summed E-state index contributed by atoms with van der Waals surface area (Å²) in [4.78, 5) is 28.5. The maximum Gasteiger partial charge on any atom is 0.262 e. The van der Waals surface area contributed by atoms with Crippen molar-refractivity contribution in [2.45, 2.75) is 38.8 Å². The Kier molecular flexibility index (Phi) is 7.87. The highest BCUT2D eigenvalue weighted by Crippen LogP contribution is 2.31. The van der Waals surface area contributed by atoms with E-state index >= 15 is 0 Å². The van der Waals surface area contributed by atoms with Gasteiger partial charge in [-0.15, -0.1) is 11.3 Å². The van der Waals surface area contributed by atoms with E-state index in [1.54, 1.807) is 13.2 Å². The first-order valence-electron chi connectivity index (χ1n) is 10.5. The Labute approximate surface area is 182 Å². The zero-order chi connectivity index (χ0) is 21.5. The highest BCUT2D eigenvalue weighted by Gasteiger charge is 2.29. The minimum absolute atomic E-state index is 0.0228.